The molecule has 0 aliphatic rings. The van der Waals surface area contributed by atoms with E-state index in [1.807, 2.05) is 48.5 Å². The van der Waals surface area contributed by atoms with Gasteiger partial charge >= 0.3 is 0 Å². The number of nitrogens with one attached hydrogen (secondary N) is 1. The molecule has 1 heterocycles. The number of methoxy groups -OCH3 is 1. The van der Waals surface area contributed by atoms with Gasteiger partial charge in [-0.15, -0.1) is 0 Å². The van der Waals surface area contributed by atoms with E-state index in [4.69, 9.17) is 16.3 Å². The fraction of sp³-hybridized carbons (Fsp3) is 0.0625. The van der Waals surface area contributed by atoms with E-state index in [1.165, 1.54) is 0 Å². The van der Waals surface area contributed by atoms with Crippen molar-refractivity contribution < 1.29 is 4.74 Å². The van der Waals surface area contributed by atoms with Gasteiger partial charge in [-0.25, -0.2) is 0 Å². The van der Waals surface area contributed by atoms with Gasteiger partial charge in [0.15, 0.2) is 0 Å². The van der Waals surface area contributed by atoms with Crippen LogP contribution in [0.15, 0.2) is 54.7 Å². The highest BCUT2D eigenvalue weighted by molar-refractivity contribution is 6.30. The Hall–Kier alpha value is -2.26. The lowest BCUT2D eigenvalue weighted by Crippen LogP contribution is -1.93. The number of anilines is 2. The largest absolute Gasteiger partial charge is 0.497 e. The number of nitrogens with zero attached hydrogens (tertiary/aromatic N) is 1. The molecule has 0 fully saturated rings. The van der Waals surface area contributed by atoms with E-state index in [9.17, 15) is 0 Å². The Bertz CT molecular complexity index is 741. The molecule has 0 bridgehead atoms. The van der Waals surface area contributed by atoms with Crippen LogP contribution < -0.4 is 10.1 Å². The van der Waals surface area contributed by atoms with Crippen molar-refractivity contribution in [1.82, 2.24) is 4.98 Å². The van der Waals surface area contributed by atoms with Gasteiger partial charge in [0.2, 0.25) is 0 Å². The minimum Gasteiger partial charge on any atom is -0.497 e. The van der Waals surface area contributed by atoms with Crippen LogP contribution in [0.3, 0.4) is 0 Å². The Morgan fingerprint density at radius 1 is 1.05 bits per heavy atom. The molecule has 3 nitrogen and oxygen atoms in total. The number of aromatic nitrogens is 1. The summed E-state index contributed by atoms with van der Waals surface area (Å²) in [5.74, 6) is 0.800. The van der Waals surface area contributed by atoms with Gasteiger partial charge in [0.25, 0.3) is 0 Å². The summed E-state index contributed by atoms with van der Waals surface area (Å²) >= 11 is 5.89. The van der Waals surface area contributed by atoms with E-state index in [-0.39, 0.29) is 0 Å². The van der Waals surface area contributed by atoms with Gasteiger partial charge in [0, 0.05) is 34.0 Å². The third kappa shape index (κ3) is 2.53. The van der Waals surface area contributed by atoms with Crippen LogP contribution in [-0.2, 0) is 0 Å². The van der Waals surface area contributed by atoms with Crippen molar-refractivity contribution in [3.63, 3.8) is 0 Å². The molecule has 2 aromatic carbocycles. The number of hydrogen-bond acceptors (Lipinski definition) is 3. The van der Waals surface area contributed by atoms with Crippen molar-refractivity contribution >= 4 is 33.9 Å². The lowest BCUT2D eigenvalue weighted by Gasteiger charge is -2.10. The van der Waals surface area contributed by atoms with Gasteiger partial charge < -0.3 is 10.1 Å². The van der Waals surface area contributed by atoms with Crippen LogP contribution in [0.1, 0.15) is 0 Å². The molecule has 0 unspecified atom stereocenters. The molecule has 4 heteroatoms. The Morgan fingerprint density at radius 3 is 2.60 bits per heavy atom. The first-order chi connectivity index (χ1) is 9.76. The molecule has 0 spiro atoms. The maximum Gasteiger partial charge on any atom is 0.121 e. The fourth-order valence-corrected chi connectivity index (χ4v) is 2.18. The first kappa shape index (κ1) is 12.8. The zero-order chi connectivity index (χ0) is 13.9. The standard InChI is InChI=1S/C16H13ClN2O/c1-20-13-6-7-14-15(8-9-18-16(14)10-13)19-12-4-2-11(17)3-5-12/h2-10H,1H3,(H,18,19). The van der Waals surface area contributed by atoms with E-state index in [2.05, 4.69) is 10.3 Å². The highest BCUT2D eigenvalue weighted by Crippen LogP contribution is 2.28. The molecule has 0 aliphatic carbocycles. The van der Waals surface area contributed by atoms with Crippen LogP contribution in [0.4, 0.5) is 11.4 Å². The number of halogens is 1. The highest BCUT2D eigenvalue weighted by Gasteiger charge is 2.04. The monoisotopic (exact) mass is 284 g/mol. The molecule has 3 rings (SSSR count). The number of pyridine rings is 1. The van der Waals surface area contributed by atoms with Crippen LogP contribution in [0, 0.1) is 0 Å². The van der Waals surface area contributed by atoms with E-state index in [1.54, 1.807) is 13.3 Å². The third-order valence-corrected chi connectivity index (χ3v) is 3.33. The van der Waals surface area contributed by atoms with E-state index in [0.717, 1.165) is 33.0 Å². The zero-order valence-corrected chi connectivity index (χ0v) is 11.7. The van der Waals surface area contributed by atoms with Gasteiger partial charge in [-0.1, -0.05) is 11.6 Å². The normalized spacial score (nSPS) is 10.5. The maximum atomic E-state index is 5.89. The molecule has 0 amide bonds. The van der Waals surface area contributed by atoms with Gasteiger partial charge in [-0.2, -0.15) is 0 Å². The van der Waals surface area contributed by atoms with Crippen molar-refractivity contribution in [3.8, 4) is 5.75 Å². The quantitative estimate of drug-likeness (QED) is 0.761. The second kappa shape index (κ2) is 5.39. The SMILES string of the molecule is COc1ccc2c(Nc3ccc(Cl)cc3)ccnc2c1. The lowest BCUT2D eigenvalue weighted by atomic mass is 10.1. The van der Waals surface area contributed by atoms with Crippen molar-refractivity contribution in [2.45, 2.75) is 0 Å². The lowest BCUT2D eigenvalue weighted by molar-refractivity contribution is 0.415. The molecule has 1 aromatic heterocycles. The summed E-state index contributed by atoms with van der Waals surface area (Å²) in [5.41, 5.74) is 2.88. The molecule has 20 heavy (non-hydrogen) atoms. The number of fused-ring (bicyclic) bond motifs is 1. The predicted octanol–water partition coefficient (Wildman–Crippen LogP) is 4.64. The molecule has 3 aromatic rings. The molecule has 100 valence electrons. The topological polar surface area (TPSA) is 34.1 Å². The van der Waals surface area contributed by atoms with Crippen LogP contribution >= 0.6 is 11.6 Å². The number of rotatable bonds is 3. The van der Waals surface area contributed by atoms with Crippen LogP contribution in [0.5, 0.6) is 5.75 Å². The van der Waals surface area contributed by atoms with Gasteiger partial charge in [-0.3, -0.25) is 4.98 Å². The fourth-order valence-electron chi connectivity index (χ4n) is 2.05. The van der Waals surface area contributed by atoms with E-state index < -0.39 is 0 Å². The molecule has 0 saturated carbocycles. The van der Waals surface area contributed by atoms with Gasteiger partial charge in [0.05, 0.1) is 12.6 Å². The molecular weight excluding hydrogens is 272 g/mol. The average molecular weight is 285 g/mol. The first-order valence-corrected chi connectivity index (χ1v) is 6.59. The number of ether oxygens (including phenoxy) is 1. The van der Waals surface area contributed by atoms with Crippen molar-refractivity contribution in [2.75, 3.05) is 12.4 Å². The Balaban J connectivity index is 2.01. The van der Waals surface area contributed by atoms with Crippen LogP contribution in [0.25, 0.3) is 10.9 Å². The molecule has 0 atom stereocenters. The first-order valence-electron chi connectivity index (χ1n) is 6.21. The van der Waals surface area contributed by atoms with Crippen LogP contribution in [-0.4, -0.2) is 12.1 Å². The summed E-state index contributed by atoms with van der Waals surface area (Å²) < 4.78 is 5.22. The molecule has 0 aliphatic heterocycles. The highest BCUT2D eigenvalue weighted by atomic mass is 35.5. The maximum absolute atomic E-state index is 5.89. The third-order valence-electron chi connectivity index (χ3n) is 3.07. The second-order valence-corrected chi connectivity index (χ2v) is 4.81. The minimum absolute atomic E-state index is 0.722. The summed E-state index contributed by atoms with van der Waals surface area (Å²) in [6.07, 6.45) is 1.78. The van der Waals surface area contributed by atoms with Gasteiger partial charge in [-0.05, 0) is 42.5 Å². The Morgan fingerprint density at radius 2 is 1.85 bits per heavy atom. The summed E-state index contributed by atoms with van der Waals surface area (Å²) in [6, 6.07) is 15.4. The zero-order valence-electron chi connectivity index (χ0n) is 10.9. The summed E-state index contributed by atoms with van der Waals surface area (Å²) in [4.78, 5) is 4.37. The average Bonchev–Trinajstić information content (AvgIpc) is 2.49. The summed E-state index contributed by atoms with van der Waals surface area (Å²) in [7, 11) is 1.65. The molecule has 1 N–H and O–H groups in total. The molecule has 0 saturated heterocycles. The van der Waals surface area contributed by atoms with Gasteiger partial charge in [0.1, 0.15) is 5.75 Å². The minimum atomic E-state index is 0.722. The number of hydrogen-bond donors (Lipinski definition) is 1. The Labute approximate surface area is 122 Å². The molecule has 0 radical (unpaired) electrons. The summed E-state index contributed by atoms with van der Waals surface area (Å²) in [5, 5.41) is 5.14. The van der Waals surface area contributed by atoms with E-state index in [0.29, 0.717) is 0 Å². The van der Waals surface area contributed by atoms with Crippen LogP contribution in [0.2, 0.25) is 5.02 Å². The second-order valence-electron chi connectivity index (χ2n) is 4.37. The Kier molecular flexibility index (Phi) is 3.44. The smallest absolute Gasteiger partial charge is 0.121 e. The molecular formula is C16H13ClN2O. The summed E-state index contributed by atoms with van der Waals surface area (Å²) in [6.45, 7) is 0. The van der Waals surface area contributed by atoms with Crippen molar-refractivity contribution in [2.24, 2.45) is 0 Å². The number of benzene rings is 2. The van der Waals surface area contributed by atoms with Crippen molar-refractivity contribution in [3.05, 3.63) is 59.8 Å². The van der Waals surface area contributed by atoms with Crippen molar-refractivity contribution in [1.29, 1.82) is 0 Å². The predicted molar refractivity (Wildman–Crippen MR) is 83.0 cm³/mol. The van der Waals surface area contributed by atoms with E-state index >= 15 is 0 Å².